The maximum atomic E-state index is 3.69. The van der Waals surface area contributed by atoms with Crippen LogP contribution in [0.2, 0.25) is 0 Å². The average molecular weight is 273 g/mol. The second-order valence-corrected chi connectivity index (χ2v) is 6.95. The second-order valence-electron chi connectivity index (χ2n) is 6.95. The lowest BCUT2D eigenvalue weighted by Crippen LogP contribution is -2.21. The van der Waals surface area contributed by atoms with Gasteiger partial charge in [0.25, 0.3) is 0 Å². The molecule has 1 aliphatic carbocycles. The average Bonchev–Trinajstić information content (AvgIpc) is 2.92. The van der Waals surface area contributed by atoms with Gasteiger partial charge >= 0.3 is 0 Å². The fourth-order valence-corrected chi connectivity index (χ4v) is 3.33. The van der Waals surface area contributed by atoms with Crippen LogP contribution in [-0.2, 0) is 6.42 Å². The van der Waals surface area contributed by atoms with Crippen LogP contribution in [0.4, 0.5) is 0 Å². The van der Waals surface area contributed by atoms with Crippen molar-refractivity contribution >= 4 is 0 Å². The van der Waals surface area contributed by atoms with Crippen LogP contribution < -0.4 is 5.32 Å². The molecule has 0 amide bonds. The quantitative estimate of drug-likeness (QED) is 0.727. The number of benzene rings is 1. The van der Waals surface area contributed by atoms with Crippen molar-refractivity contribution in [2.24, 2.45) is 11.8 Å². The Morgan fingerprint density at radius 2 is 1.70 bits per heavy atom. The summed E-state index contributed by atoms with van der Waals surface area (Å²) in [6, 6.07) is 9.66. The van der Waals surface area contributed by atoms with Crippen molar-refractivity contribution in [2.75, 3.05) is 6.54 Å². The van der Waals surface area contributed by atoms with Crippen LogP contribution >= 0.6 is 0 Å². The van der Waals surface area contributed by atoms with Crippen molar-refractivity contribution in [3.05, 3.63) is 35.4 Å². The molecular weight excluding hydrogens is 242 g/mol. The predicted octanol–water partition coefficient (Wildman–Crippen LogP) is 5.12. The van der Waals surface area contributed by atoms with E-state index in [4.69, 9.17) is 0 Å². The molecule has 0 radical (unpaired) electrons. The van der Waals surface area contributed by atoms with E-state index in [1.807, 2.05) is 0 Å². The summed E-state index contributed by atoms with van der Waals surface area (Å²) >= 11 is 0. The first-order valence-corrected chi connectivity index (χ1v) is 8.47. The lowest BCUT2D eigenvalue weighted by Gasteiger charge is -2.17. The Morgan fingerprint density at radius 1 is 1.05 bits per heavy atom. The lowest BCUT2D eigenvalue weighted by atomic mass is 9.99. The molecule has 112 valence electrons. The topological polar surface area (TPSA) is 12.0 Å². The fourth-order valence-electron chi connectivity index (χ4n) is 3.33. The summed E-state index contributed by atoms with van der Waals surface area (Å²) in [5.74, 6) is 1.73. The summed E-state index contributed by atoms with van der Waals surface area (Å²) < 4.78 is 0. The third-order valence-corrected chi connectivity index (χ3v) is 4.60. The van der Waals surface area contributed by atoms with Crippen molar-refractivity contribution in [3.63, 3.8) is 0 Å². The van der Waals surface area contributed by atoms with Crippen molar-refractivity contribution in [1.82, 2.24) is 5.32 Å². The zero-order chi connectivity index (χ0) is 14.4. The zero-order valence-electron chi connectivity index (χ0n) is 13.5. The van der Waals surface area contributed by atoms with Crippen molar-refractivity contribution in [3.8, 4) is 0 Å². The highest BCUT2D eigenvalue weighted by atomic mass is 14.9. The molecule has 0 saturated heterocycles. The molecule has 1 unspecified atom stereocenters. The normalized spacial score (nSPS) is 17.8. The summed E-state index contributed by atoms with van der Waals surface area (Å²) in [5, 5.41) is 3.69. The van der Waals surface area contributed by atoms with Gasteiger partial charge in [-0.2, -0.15) is 0 Å². The van der Waals surface area contributed by atoms with Gasteiger partial charge in [0.1, 0.15) is 0 Å². The molecule has 1 N–H and O–H groups in total. The van der Waals surface area contributed by atoms with E-state index in [2.05, 4.69) is 50.4 Å². The number of nitrogens with one attached hydrogen (secondary N) is 1. The summed E-state index contributed by atoms with van der Waals surface area (Å²) in [5.41, 5.74) is 2.88. The summed E-state index contributed by atoms with van der Waals surface area (Å²) in [6.07, 6.45) is 8.37. The molecule has 1 saturated carbocycles. The van der Waals surface area contributed by atoms with Gasteiger partial charge < -0.3 is 5.32 Å². The first-order valence-electron chi connectivity index (χ1n) is 8.47. The predicted molar refractivity (Wildman–Crippen MR) is 88.0 cm³/mol. The second kappa shape index (κ2) is 7.83. The Balaban J connectivity index is 1.75. The van der Waals surface area contributed by atoms with Crippen LogP contribution in [0, 0.1) is 11.8 Å². The number of hydrogen-bond acceptors (Lipinski definition) is 1. The number of hydrogen-bond donors (Lipinski definition) is 1. The van der Waals surface area contributed by atoms with Crippen molar-refractivity contribution in [2.45, 2.75) is 65.3 Å². The first kappa shape index (κ1) is 15.6. The molecule has 0 bridgehead atoms. The van der Waals surface area contributed by atoms with Gasteiger partial charge in [-0.05, 0) is 49.3 Å². The molecular formula is C19H31N. The van der Waals surface area contributed by atoms with E-state index < -0.39 is 0 Å². The molecule has 1 aromatic rings. The third-order valence-electron chi connectivity index (χ3n) is 4.60. The van der Waals surface area contributed by atoms with Gasteiger partial charge in [-0.3, -0.25) is 0 Å². The molecule has 0 aromatic heterocycles. The van der Waals surface area contributed by atoms with Gasteiger partial charge in [-0.25, -0.2) is 0 Å². The number of rotatable bonds is 7. The molecule has 1 nitrogen and oxygen atoms in total. The van der Waals surface area contributed by atoms with E-state index in [-0.39, 0.29) is 0 Å². The van der Waals surface area contributed by atoms with Crippen LogP contribution in [0.25, 0.3) is 0 Å². The van der Waals surface area contributed by atoms with Gasteiger partial charge in [0, 0.05) is 6.04 Å². The van der Waals surface area contributed by atoms with Gasteiger partial charge in [-0.1, -0.05) is 63.8 Å². The Bertz CT molecular complexity index is 373. The van der Waals surface area contributed by atoms with Crippen molar-refractivity contribution in [1.29, 1.82) is 0 Å². The highest BCUT2D eigenvalue weighted by molar-refractivity contribution is 5.25. The smallest absolute Gasteiger partial charge is 0.0291 e. The van der Waals surface area contributed by atoms with E-state index in [0.717, 1.165) is 11.8 Å². The van der Waals surface area contributed by atoms with E-state index in [1.54, 1.807) is 0 Å². The molecule has 2 rings (SSSR count). The minimum atomic E-state index is 0.476. The van der Waals surface area contributed by atoms with Crippen LogP contribution in [0.5, 0.6) is 0 Å². The van der Waals surface area contributed by atoms with E-state index in [9.17, 15) is 0 Å². The Hall–Kier alpha value is -0.820. The molecule has 1 heteroatoms. The minimum absolute atomic E-state index is 0.476. The molecule has 1 aliphatic rings. The Labute approximate surface area is 125 Å². The highest BCUT2D eigenvalue weighted by Crippen LogP contribution is 2.27. The minimum Gasteiger partial charge on any atom is -0.310 e. The van der Waals surface area contributed by atoms with Crippen LogP contribution in [0.1, 0.15) is 70.0 Å². The molecule has 0 spiro atoms. The maximum absolute atomic E-state index is 3.69. The molecule has 1 aromatic carbocycles. The van der Waals surface area contributed by atoms with Crippen molar-refractivity contribution < 1.29 is 0 Å². The Kier molecular flexibility index (Phi) is 6.09. The third kappa shape index (κ3) is 4.94. The monoisotopic (exact) mass is 273 g/mol. The first-order chi connectivity index (χ1) is 9.65. The van der Waals surface area contributed by atoms with Gasteiger partial charge in [0.2, 0.25) is 0 Å². The lowest BCUT2D eigenvalue weighted by molar-refractivity contribution is 0.455. The molecule has 20 heavy (non-hydrogen) atoms. The zero-order valence-corrected chi connectivity index (χ0v) is 13.5. The Morgan fingerprint density at radius 3 is 2.30 bits per heavy atom. The van der Waals surface area contributed by atoms with Gasteiger partial charge in [-0.15, -0.1) is 0 Å². The fraction of sp³-hybridized carbons (Fsp3) is 0.684. The molecule has 0 aliphatic heterocycles. The van der Waals surface area contributed by atoms with Crippen LogP contribution in [0.15, 0.2) is 24.3 Å². The SMILES string of the molecule is CC(C)Cc1ccc(C(C)NCCC2CCCC2)cc1. The molecule has 0 heterocycles. The van der Waals surface area contributed by atoms with Gasteiger partial charge in [0.15, 0.2) is 0 Å². The van der Waals surface area contributed by atoms with E-state index >= 15 is 0 Å². The molecule has 1 atom stereocenters. The summed E-state index contributed by atoms with van der Waals surface area (Å²) in [4.78, 5) is 0. The molecule has 1 fully saturated rings. The maximum Gasteiger partial charge on any atom is 0.0291 e. The van der Waals surface area contributed by atoms with Crippen LogP contribution in [0.3, 0.4) is 0 Å². The summed E-state index contributed by atoms with van der Waals surface area (Å²) in [7, 11) is 0. The highest BCUT2D eigenvalue weighted by Gasteiger charge is 2.14. The standard InChI is InChI=1S/C19H31N/c1-15(2)14-18-8-10-19(11-9-18)16(3)20-13-12-17-6-4-5-7-17/h8-11,15-17,20H,4-7,12-14H2,1-3H3. The van der Waals surface area contributed by atoms with E-state index in [0.29, 0.717) is 6.04 Å². The summed E-state index contributed by atoms with van der Waals surface area (Å²) in [6.45, 7) is 8.01. The van der Waals surface area contributed by atoms with Gasteiger partial charge in [0.05, 0.1) is 0 Å². The largest absolute Gasteiger partial charge is 0.310 e. The van der Waals surface area contributed by atoms with E-state index in [1.165, 1.54) is 56.2 Å². The van der Waals surface area contributed by atoms with Crippen LogP contribution in [-0.4, -0.2) is 6.54 Å².